The molecule has 16 N–H and O–H groups in total. The highest BCUT2D eigenvalue weighted by Gasteiger charge is 2.44. The second-order valence-electron chi connectivity index (χ2n) is 17.0. The Hall–Kier alpha value is -6.66. The Kier molecular flexibility index (Phi) is 21.1. The van der Waals surface area contributed by atoms with Gasteiger partial charge in [-0.05, 0) is 55.7 Å². The van der Waals surface area contributed by atoms with E-state index in [1.54, 1.807) is 13.8 Å². The lowest BCUT2D eigenvalue weighted by Gasteiger charge is -2.38. The van der Waals surface area contributed by atoms with Gasteiger partial charge < -0.3 is 69.7 Å². The number of carboxylic acids is 2. The van der Waals surface area contributed by atoms with Crippen LogP contribution in [0.3, 0.4) is 0 Å². The number of carbonyl (C=O) groups excluding carboxylic acids is 9. The average molecular weight is 963 g/mol. The van der Waals surface area contributed by atoms with Crippen LogP contribution in [0, 0.1) is 11.8 Å². The van der Waals surface area contributed by atoms with Crippen LogP contribution in [-0.2, 0) is 59.2 Å². The number of hydrogen-bond donors (Lipinski definition) is 13. The SMILES string of the molecule is CC(C)C[C@@H]1NC(=O)[C@H](CC(C(=O)O)C(=O)O)NC(=O)CSC[C@H](C(N)=O)NC(=O)CCCCNC(=O)[C@H](CC(N)=O)NC(=O)C2(CCCCC2)NC(=O)[C@H](Cc2ccc(O)c(N)c2)NC1=O. The molecule has 1 saturated carbocycles. The average Bonchev–Trinajstić information content (AvgIpc) is 3.24. The van der Waals surface area contributed by atoms with Crippen molar-refractivity contribution < 1.29 is 68.1 Å². The molecular weight excluding hydrogens is 901 g/mol. The van der Waals surface area contributed by atoms with E-state index >= 15 is 0 Å². The third-order valence-corrected chi connectivity index (χ3v) is 12.1. The second-order valence-corrected chi connectivity index (χ2v) is 18.1. The number of aromatic hydroxyl groups is 1. The molecule has 1 aliphatic carbocycles. The lowest BCUT2D eigenvalue weighted by Crippen LogP contribution is -2.66. The number of anilines is 1. The molecule has 1 spiro atoms. The molecule has 9 amide bonds. The summed E-state index contributed by atoms with van der Waals surface area (Å²) in [7, 11) is 0. The van der Waals surface area contributed by atoms with Gasteiger partial charge in [0, 0.05) is 31.6 Å². The molecule has 1 aliphatic heterocycles. The van der Waals surface area contributed by atoms with Crippen molar-refractivity contribution in [1.29, 1.82) is 0 Å². The maximum absolute atomic E-state index is 14.5. The smallest absolute Gasteiger partial charge is 0.317 e. The first-order chi connectivity index (χ1) is 31.5. The second kappa shape index (κ2) is 25.9. The summed E-state index contributed by atoms with van der Waals surface area (Å²) in [6.45, 7) is 3.38. The molecule has 0 aromatic heterocycles. The number of phenolic OH excluding ortho intramolecular Hbond substituents is 1. The number of nitrogens with two attached hydrogens (primary N) is 3. The van der Waals surface area contributed by atoms with Crippen LogP contribution in [0.25, 0.3) is 0 Å². The number of primary amides is 2. The van der Waals surface area contributed by atoms with Gasteiger partial charge in [0.1, 0.15) is 41.5 Å². The zero-order valence-corrected chi connectivity index (χ0v) is 38.2. The maximum Gasteiger partial charge on any atom is 0.317 e. The van der Waals surface area contributed by atoms with Gasteiger partial charge in [-0.2, -0.15) is 0 Å². The highest BCUT2D eigenvalue weighted by atomic mass is 32.2. The van der Waals surface area contributed by atoms with Crippen LogP contribution in [0.5, 0.6) is 5.75 Å². The van der Waals surface area contributed by atoms with Crippen LogP contribution < -0.4 is 54.4 Å². The summed E-state index contributed by atoms with van der Waals surface area (Å²) in [5, 5.41) is 47.2. The van der Waals surface area contributed by atoms with Crippen molar-refractivity contribution in [3.63, 3.8) is 0 Å². The van der Waals surface area contributed by atoms with Crippen molar-refractivity contribution in [2.75, 3.05) is 23.8 Å². The molecular formula is C42H62N10O14S. The molecule has 1 heterocycles. The van der Waals surface area contributed by atoms with Gasteiger partial charge in [0.15, 0.2) is 5.92 Å². The number of aliphatic carboxylic acids is 2. The van der Waals surface area contributed by atoms with E-state index in [1.807, 2.05) is 0 Å². The van der Waals surface area contributed by atoms with Gasteiger partial charge in [0.05, 0.1) is 17.9 Å². The van der Waals surface area contributed by atoms with E-state index in [9.17, 15) is 68.1 Å². The number of amides is 9. The standard InChI is InChI=1S/C42H62N10O14S/c1-21(2)14-25-36(59)50-26(16-22-9-10-30(53)24(43)15-22)38(61)52-42(11-5-3-6-12-42)41(66)51-28(18-31(44)54)35(58)46-13-7-4-8-32(55)48-29(34(45)57)19-67-20-33(56)47-27(37(60)49-25)17-23(39(62)63)40(64)65/h9-10,15,21,23,25-29,53H,3-8,11-14,16-20,43H2,1-2H3,(H2,44,54)(H2,45,57)(H,46,58)(H,47,56)(H,48,55)(H,49,60)(H,50,59)(H,51,66)(H,52,61)(H,62,63)(H,64,65)/t25-,26-,27-,28-,29+/m0/s1. The van der Waals surface area contributed by atoms with Gasteiger partial charge in [-0.15, -0.1) is 11.8 Å². The first-order valence-corrected chi connectivity index (χ1v) is 23.0. The number of benzene rings is 1. The summed E-state index contributed by atoms with van der Waals surface area (Å²) in [5.74, 6) is -15.2. The van der Waals surface area contributed by atoms with Gasteiger partial charge in [0.2, 0.25) is 53.2 Å². The first-order valence-electron chi connectivity index (χ1n) is 21.8. The largest absolute Gasteiger partial charge is 0.506 e. The lowest BCUT2D eigenvalue weighted by atomic mass is 9.80. The van der Waals surface area contributed by atoms with Crippen LogP contribution in [0.4, 0.5) is 5.69 Å². The lowest BCUT2D eigenvalue weighted by molar-refractivity contribution is -0.155. The summed E-state index contributed by atoms with van der Waals surface area (Å²) in [5.41, 5.74) is 15.5. The Morgan fingerprint density at radius 1 is 0.746 bits per heavy atom. The minimum atomic E-state index is -2.20. The minimum Gasteiger partial charge on any atom is -0.506 e. The van der Waals surface area contributed by atoms with Crippen molar-refractivity contribution in [1.82, 2.24) is 37.2 Å². The molecule has 1 aromatic carbocycles. The van der Waals surface area contributed by atoms with E-state index in [1.165, 1.54) is 18.2 Å². The Labute approximate surface area is 390 Å². The number of phenols is 1. The van der Waals surface area contributed by atoms with Crippen LogP contribution in [0.15, 0.2) is 18.2 Å². The predicted octanol–water partition coefficient (Wildman–Crippen LogP) is -2.62. The Bertz CT molecular complexity index is 2020. The molecule has 2 fully saturated rings. The van der Waals surface area contributed by atoms with Gasteiger partial charge in [-0.25, -0.2) is 0 Å². The number of hydrogen-bond acceptors (Lipinski definition) is 14. The molecule has 1 saturated heterocycles. The molecule has 24 nitrogen and oxygen atoms in total. The normalized spacial score (nSPS) is 23.6. The van der Waals surface area contributed by atoms with Gasteiger partial charge in [-0.1, -0.05) is 39.2 Å². The number of carboxylic acid groups (broad SMARTS) is 2. The van der Waals surface area contributed by atoms with Gasteiger partial charge in [-0.3, -0.25) is 52.7 Å². The molecule has 67 heavy (non-hydrogen) atoms. The summed E-state index contributed by atoms with van der Waals surface area (Å²) in [6, 6.07) is -3.59. The van der Waals surface area contributed by atoms with E-state index in [2.05, 4.69) is 37.2 Å². The van der Waals surface area contributed by atoms with Crippen LogP contribution >= 0.6 is 11.8 Å². The molecule has 2 aliphatic rings. The predicted molar refractivity (Wildman–Crippen MR) is 240 cm³/mol. The van der Waals surface area contributed by atoms with Crippen LogP contribution in [-0.4, -0.2) is 134 Å². The van der Waals surface area contributed by atoms with E-state index < -0.39 is 125 Å². The fourth-order valence-electron chi connectivity index (χ4n) is 7.50. The van der Waals surface area contributed by atoms with E-state index in [0.717, 1.165) is 11.8 Å². The number of nitrogen functional groups attached to an aromatic ring is 1. The zero-order chi connectivity index (χ0) is 50.0. The molecule has 1 aromatic rings. The van der Waals surface area contributed by atoms with Crippen LogP contribution in [0.2, 0.25) is 0 Å². The Morgan fingerprint density at radius 2 is 1.37 bits per heavy atom. The van der Waals surface area contributed by atoms with E-state index in [-0.39, 0.29) is 74.6 Å². The van der Waals surface area contributed by atoms with Crippen molar-refractivity contribution in [2.24, 2.45) is 23.3 Å². The minimum absolute atomic E-state index is 0.0116. The number of nitrogens with one attached hydrogen (secondary N) is 7. The number of carbonyl (C=O) groups is 11. The maximum atomic E-state index is 14.5. The molecule has 25 heteroatoms. The number of rotatable bonds is 11. The molecule has 370 valence electrons. The highest BCUT2D eigenvalue weighted by Crippen LogP contribution is 2.30. The third-order valence-electron chi connectivity index (χ3n) is 11.1. The summed E-state index contributed by atoms with van der Waals surface area (Å²) < 4.78 is 0. The fourth-order valence-corrected chi connectivity index (χ4v) is 8.37. The summed E-state index contributed by atoms with van der Waals surface area (Å²) in [4.78, 5) is 145. The van der Waals surface area contributed by atoms with Gasteiger partial charge in [0.25, 0.3) is 0 Å². The fraction of sp³-hybridized carbons (Fsp3) is 0.595. The van der Waals surface area contributed by atoms with E-state index in [4.69, 9.17) is 17.2 Å². The van der Waals surface area contributed by atoms with Crippen molar-refractivity contribution >= 4 is 82.6 Å². The van der Waals surface area contributed by atoms with Crippen molar-refractivity contribution in [3.8, 4) is 5.75 Å². The Morgan fingerprint density at radius 3 is 1.96 bits per heavy atom. The van der Waals surface area contributed by atoms with E-state index in [0.29, 0.717) is 24.8 Å². The van der Waals surface area contributed by atoms with Crippen molar-refractivity contribution in [3.05, 3.63) is 23.8 Å². The summed E-state index contributed by atoms with van der Waals surface area (Å²) >= 11 is 0.797. The summed E-state index contributed by atoms with van der Waals surface area (Å²) in [6.07, 6.45) is 0.0368. The quantitative estimate of drug-likeness (QED) is 0.0613. The van der Waals surface area contributed by atoms with Crippen molar-refractivity contribution in [2.45, 2.75) is 127 Å². The molecule has 0 bridgehead atoms. The molecule has 0 unspecified atom stereocenters. The van der Waals surface area contributed by atoms with Crippen LogP contribution in [0.1, 0.15) is 90.0 Å². The monoisotopic (exact) mass is 962 g/mol. The third kappa shape index (κ3) is 17.6. The number of thioether (sulfide) groups is 1. The first kappa shape index (κ1) is 54.7. The molecule has 5 atom stereocenters. The van der Waals surface area contributed by atoms with Gasteiger partial charge >= 0.3 is 11.9 Å². The molecule has 3 rings (SSSR count). The zero-order valence-electron chi connectivity index (χ0n) is 37.4. The Balaban J connectivity index is 2.11. The highest BCUT2D eigenvalue weighted by molar-refractivity contribution is 8.00. The topological polar surface area (TPSA) is 411 Å². The molecule has 0 radical (unpaired) electrons.